The molecule has 1 amide bonds. The third-order valence-corrected chi connectivity index (χ3v) is 5.08. The molecule has 0 saturated carbocycles. The van der Waals surface area contributed by atoms with E-state index in [0.717, 1.165) is 37.4 Å². The van der Waals surface area contributed by atoms with E-state index < -0.39 is 0 Å². The summed E-state index contributed by atoms with van der Waals surface area (Å²) in [5.74, 6) is 0.592. The molecule has 2 aromatic rings. The number of hydrogen-bond donors (Lipinski definition) is 0. The van der Waals surface area contributed by atoms with Gasteiger partial charge in [-0.3, -0.25) is 9.48 Å². The molecule has 0 bridgehead atoms. The highest BCUT2D eigenvalue weighted by atomic mass is 19.1. The lowest BCUT2D eigenvalue weighted by Crippen LogP contribution is -2.49. The average molecular weight is 343 g/mol. The molecule has 0 N–H and O–H groups in total. The summed E-state index contributed by atoms with van der Waals surface area (Å²) < 4.78 is 15.0. The molecule has 25 heavy (non-hydrogen) atoms. The Morgan fingerprint density at radius 3 is 2.68 bits per heavy atom. The molecular weight excluding hydrogens is 321 g/mol. The molecule has 0 unspecified atom stereocenters. The van der Waals surface area contributed by atoms with Crippen LogP contribution in [0.1, 0.15) is 24.1 Å². The van der Waals surface area contributed by atoms with Gasteiger partial charge in [-0.2, -0.15) is 5.10 Å². The lowest BCUT2D eigenvalue weighted by atomic mass is 10.0. The highest BCUT2D eigenvalue weighted by Crippen LogP contribution is 2.20. The van der Waals surface area contributed by atoms with Crippen molar-refractivity contribution in [1.29, 1.82) is 0 Å². The number of carbonyl (C=O) groups excluding carboxylic acids is 1. The molecule has 0 spiro atoms. The van der Waals surface area contributed by atoms with Gasteiger partial charge in [0.05, 0.1) is 18.8 Å². The summed E-state index contributed by atoms with van der Waals surface area (Å²) in [4.78, 5) is 20.8. The van der Waals surface area contributed by atoms with Gasteiger partial charge >= 0.3 is 0 Å². The van der Waals surface area contributed by atoms with Crippen LogP contribution in [0.15, 0.2) is 24.5 Å². The molecule has 0 aliphatic carbocycles. The normalized spacial score (nSPS) is 17.5. The number of piperazine rings is 1. The first-order valence-corrected chi connectivity index (χ1v) is 8.88. The number of carbonyl (C=O) groups is 1. The molecule has 0 atom stereocenters. The van der Waals surface area contributed by atoms with Crippen molar-refractivity contribution in [1.82, 2.24) is 19.7 Å². The van der Waals surface area contributed by atoms with Crippen LogP contribution in [0.3, 0.4) is 0 Å². The second-order valence-corrected chi connectivity index (χ2v) is 6.68. The van der Waals surface area contributed by atoms with Crippen molar-refractivity contribution in [2.75, 3.05) is 31.1 Å². The Bertz CT molecular complexity index is 749. The molecule has 2 aromatic heterocycles. The molecule has 0 aromatic carbocycles. The molecule has 1 saturated heterocycles. The smallest absolute Gasteiger partial charge is 0.227 e. The van der Waals surface area contributed by atoms with Crippen LogP contribution in [0.25, 0.3) is 0 Å². The Kier molecular flexibility index (Phi) is 4.38. The largest absolute Gasteiger partial charge is 0.353 e. The monoisotopic (exact) mass is 343 g/mol. The van der Waals surface area contributed by atoms with Crippen LogP contribution in [0.2, 0.25) is 0 Å². The van der Waals surface area contributed by atoms with Crippen molar-refractivity contribution in [3.8, 4) is 0 Å². The number of aromatic nitrogens is 3. The number of hydrogen-bond acceptors (Lipinski definition) is 4. The van der Waals surface area contributed by atoms with E-state index in [9.17, 15) is 9.18 Å². The second-order valence-electron chi connectivity index (χ2n) is 6.68. The van der Waals surface area contributed by atoms with E-state index in [2.05, 4.69) is 15.0 Å². The van der Waals surface area contributed by atoms with Crippen molar-refractivity contribution >= 4 is 11.7 Å². The number of nitrogens with zero attached hydrogens (tertiary/aromatic N) is 5. The van der Waals surface area contributed by atoms with Gasteiger partial charge in [-0.05, 0) is 31.4 Å². The molecular formula is C18H22FN5O. The predicted molar refractivity (Wildman–Crippen MR) is 91.9 cm³/mol. The van der Waals surface area contributed by atoms with Crippen molar-refractivity contribution in [3.05, 3.63) is 41.6 Å². The number of pyridine rings is 1. The molecule has 1 fully saturated rings. The van der Waals surface area contributed by atoms with Crippen LogP contribution in [-0.2, 0) is 24.2 Å². The Morgan fingerprint density at radius 2 is 1.92 bits per heavy atom. The predicted octanol–water partition coefficient (Wildman–Crippen LogP) is 1.64. The number of aryl methyl sites for hydroxylation is 1. The zero-order valence-electron chi connectivity index (χ0n) is 14.2. The van der Waals surface area contributed by atoms with E-state index >= 15 is 0 Å². The highest BCUT2D eigenvalue weighted by molar-refractivity contribution is 5.79. The fourth-order valence-corrected chi connectivity index (χ4v) is 3.65. The van der Waals surface area contributed by atoms with Gasteiger partial charge in [0.15, 0.2) is 0 Å². The molecule has 2 aliphatic rings. The van der Waals surface area contributed by atoms with Gasteiger partial charge in [-0.15, -0.1) is 0 Å². The summed E-state index contributed by atoms with van der Waals surface area (Å²) >= 11 is 0. The maximum absolute atomic E-state index is 13.0. The number of fused-ring (bicyclic) bond motifs is 1. The standard InChI is InChI=1S/C18H22FN5O/c19-15-4-5-17(20-13-15)22-7-9-23(10-8-22)18(25)11-14-12-21-24-6-2-1-3-16(14)24/h4-5,12-13H,1-3,6-11H2. The maximum atomic E-state index is 13.0. The van der Waals surface area contributed by atoms with Crippen LogP contribution in [0, 0.1) is 5.82 Å². The minimum absolute atomic E-state index is 0.160. The van der Waals surface area contributed by atoms with Gasteiger partial charge in [0.1, 0.15) is 11.6 Å². The molecule has 7 heteroatoms. The van der Waals surface area contributed by atoms with E-state index in [1.165, 1.54) is 30.8 Å². The minimum Gasteiger partial charge on any atom is -0.353 e. The van der Waals surface area contributed by atoms with Crippen LogP contribution < -0.4 is 4.90 Å². The summed E-state index contributed by atoms with van der Waals surface area (Å²) in [6.45, 7) is 3.74. The highest BCUT2D eigenvalue weighted by Gasteiger charge is 2.24. The van der Waals surface area contributed by atoms with Gasteiger partial charge in [0.25, 0.3) is 0 Å². The van der Waals surface area contributed by atoms with Crippen molar-refractivity contribution in [2.24, 2.45) is 0 Å². The van der Waals surface area contributed by atoms with Crippen LogP contribution in [0.5, 0.6) is 0 Å². The van der Waals surface area contributed by atoms with Crippen molar-refractivity contribution in [3.63, 3.8) is 0 Å². The van der Waals surface area contributed by atoms with Crippen LogP contribution in [0.4, 0.5) is 10.2 Å². The molecule has 2 aliphatic heterocycles. The zero-order chi connectivity index (χ0) is 17.2. The lowest BCUT2D eigenvalue weighted by Gasteiger charge is -2.35. The number of rotatable bonds is 3. The van der Waals surface area contributed by atoms with E-state index in [-0.39, 0.29) is 11.7 Å². The van der Waals surface area contributed by atoms with Gasteiger partial charge in [0.2, 0.25) is 5.91 Å². The SMILES string of the molecule is O=C(Cc1cnn2c1CCCC2)N1CCN(c2ccc(F)cn2)CC1. The second kappa shape index (κ2) is 6.82. The summed E-state index contributed by atoms with van der Waals surface area (Å²) in [5, 5.41) is 4.41. The van der Waals surface area contributed by atoms with Crippen LogP contribution >= 0.6 is 0 Å². The maximum Gasteiger partial charge on any atom is 0.227 e. The fraction of sp³-hybridized carbons (Fsp3) is 0.500. The number of amides is 1. The Hall–Kier alpha value is -2.44. The van der Waals surface area contributed by atoms with Crippen molar-refractivity contribution in [2.45, 2.75) is 32.2 Å². The first-order valence-electron chi connectivity index (χ1n) is 8.88. The Labute approximate surface area is 146 Å². The number of halogens is 1. The quantitative estimate of drug-likeness (QED) is 0.850. The number of anilines is 1. The summed E-state index contributed by atoms with van der Waals surface area (Å²) in [5.41, 5.74) is 2.31. The van der Waals surface area contributed by atoms with E-state index in [1.54, 1.807) is 6.07 Å². The summed E-state index contributed by atoms with van der Waals surface area (Å²) in [6.07, 6.45) is 6.89. The molecule has 6 nitrogen and oxygen atoms in total. The third kappa shape index (κ3) is 3.36. The topological polar surface area (TPSA) is 54.3 Å². The Morgan fingerprint density at radius 1 is 1.08 bits per heavy atom. The van der Waals surface area contributed by atoms with E-state index in [4.69, 9.17) is 0 Å². The van der Waals surface area contributed by atoms with Crippen LogP contribution in [-0.4, -0.2) is 51.8 Å². The first-order chi connectivity index (χ1) is 12.2. The fourth-order valence-electron chi connectivity index (χ4n) is 3.65. The van der Waals surface area contributed by atoms with E-state index in [0.29, 0.717) is 19.5 Å². The van der Waals surface area contributed by atoms with Gasteiger partial charge in [-0.1, -0.05) is 0 Å². The first kappa shape index (κ1) is 16.1. The Balaban J connectivity index is 1.35. The molecule has 4 rings (SSSR count). The van der Waals surface area contributed by atoms with Crippen molar-refractivity contribution < 1.29 is 9.18 Å². The van der Waals surface area contributed by atoms with Gasteiger partial charge in [0, 0.05) is 44.0 Å². The minimum atomic E-state index is -0.331. The molecule has 132 valence electrons. The van der Waals surface area contributed by atoms with Gasteiger partial charge < -0.3 is 9.80 Å². The average Bonchev–Trinajstić information content (AvgIpc) is 3.06. The summed E-state index contributed by atoms with van der Waals surface area (Å²) in [7, 11) is 0. The lowest BCUT2D eigenvalue weighted by molar-refractivity contribution is -0.130. The molecule has 4 heterocycles. The molecule has 0 radical (unpaired) electrons. The third-order valence-electron chi connectivity index (χ3n) is 5.08. The summed E-state index contributed by atoms with van der Waals surface area (Å²) in [6, 6.07) is 3.11. The van der Waals surface area contributed by atoms with Gasteiger partial charge in [-0.25, -0.2) is 9.37 Å². The van der Waals surface area contributed by atoms with E-state index in [1.807, 2.05) is 15.8 Å². The zero-order valence-corrected chi connectivity index (χ0v) is 14.2.